The van der Waals surface area contributed by atoms with Crippen LogP contribution >= 0.6 is 11.8 Å². The number of thioether (sulfide) groups is 1. The molecule has 46 heavy (non-hydrogen) atoms. The first-order valence-corrected chi connectivity index (χ1v) is 15.8. The van der Waals surface area contributed by atoms with E-state index < -0.39 is 47.1 Å². The molecule has 4 aromatic carbocycles. The standard InChI is InChI=1S/C36H37N3O6S/c1-2-44-34(42)30(23-32(37)40)38-33(41)31(39-35(43)45-24-26-15-7-3-8-16-26)25-46-36(27-17-9-4-10-18-27,28-19-11-5-12-20-28)29-21-13-6-14-22-29/h3-22,30-31H,2,23-25H2,1H3,(H2,37,40)(H,38,41)(H,39,43)/t30-,31-/m0/s1. The molecule has 10 heteroatoms. The van der Waals surface area contributed by atoms with Crippen LogP contribution < -0.4 is 16.4 Å². The summed E-state index contributed by atoms with van der Waals surface area (Å²) in [4.78, 5) is 51.3. The highest BCUT2D eigenvalue weighted by Crippen LogP contribution is 2.48. The normalized spacial score (nSPS) is 12.3. The number of carbonyl (C=O) groups is 4. The van der Waals surface area contributed by atoms with Crippen LogP contribution in [0, 0.1) is 0 Å². The van der Waals surface area contributed by atoms with Gasteiger partial charge in [-0.15, -0.1) is 11.8 Å². The molecule has 238 valence electrons. The summed E-state index contributed by atoms with van der Waals surface area (Å²) in [6, 6.07) is 36.3. The minimum Gasteiger partial charge on any atom is -0.464 e. The smallest absolute Gasteiger partial charge is 0.408 e. The van der Waals surface area contributed by atoms with Gasteiger partial charge in [-0.1, -0.05) is 121 Å². The van der Waals surface area contributed by atoms with Gasteiger partial charge in [-0.05, 0) is 29.2 Å². The largest absolute Gasteiger partial charge is 0.464 e. The molecule has 0 fully saturated rings. The molecule has 0 aliphatic carbocycles. The third-order valence-corrected chi connectivity index (χ3v) is 8.76. The maximum atomic E-state index is 13.8. The van der Waals surface area contributed by atoms with E-state index in [4.69, 9.17) is 15.2 Å². The maximum absolute atomic E-state index is 13.8. The number of alkyl carbamates (subject to hydrolysis) is 1. The van der Waals surface area contributed by atoms with Crippen LogP contribution in [0.25, 0.3) is 0 Å². The molecular weight excluding hydrogens is 602 g/mol. The van der Waals surface area contributed by atoms with E-state index in [0.29, 0.717) is 0 Å². The molecule has 4 N–H and O–H groups in total. The molecule has 0 saturated heterocycles. The van der Waals surface area contributed by atoms with E-state index in [1.165, 1.54) is 11.8 Å². The van der Waals surface area contributed by atoms with Crippen molar-refractivity contribution in [1.82, 2.24) is 10.6 Å². The molecular formula is C36H37N3O6S. The van der Waals surface area contributed by atoms with Gasteiger partial charge in [0.15, 0.2) is 0 Å². The molecule has 4 rings (SSSR count). The zero-order valence-electron chi connectivity index (χ0n) is 25.5. The summed E-state index contributed by atoms with van der Waals surface area (Å²) in [5.41, 5.74) is 9.02. The van der Waals surface area contributed by atoms with Crippen molar-refractivity contribution in [2.45, 2.75) is 36.8 Å². The molecule has 0 spiro atoms. The van der Waals surface area contributed by atoms with E-state index in [0.717, 1.165) is 22.3 Å². The van der Waals surface area contributed by atoms with Crippen LogP contribution in [-0.4, -0.2) is 48.3 Å². The Morgan fingerprint density at radius 3 is 1.63 bits per heavy atom. The second kappa shape index (κ2) is 16.8. The average Bonchev–Trinajstić information content (AvgIpc) is 3.08. The summed E-state index contributed by atoms with van der Waals surface area (Å²) >= 11 is 1.44. The number of benzene rings is 4. The second-order valence-electron chi connectivity index (χ2n) is 10.3. The van der Waals surface area contributed by atoms with Crippen molar-refractivity contribution >= 4 is 35.6 Å². The molecule has 0 bridgehead atoms. The van der Waals surface area contributed by atoms with Crippen molar-refractivity contribution in [1.29, 1.82) is 0 Å². The Kier molecular flexibility index (Phi) is 12.4. The molecule has 2 atom stereocenters. The third-order valence-electron chi connectivity index (χ3n) is 7.12. The Morgan fingerprint density at radius 1 is 0.696 bits per heavy atom. The number of amides is 3. The van der Waals surface area contributed by atoms with Crippen molar-refractivity contribution in [3.63, 3.8) is 0 Å². The van der Waals surface area contributed by atoms with Gasteiger partial charge in [-0.25, -0.2) is 9.59 Å². The van der Waals surface area contributed by atoms with Crippen molar-refractivity contribution < 1.29 is 28.7 Å². The zero-order valence-corrected chi connectivity index (χ0v) is 26.3. The minimum absolute atomic E-state index is 0.0106. The predicted molar refractivity (Wildman–Crippen MR) is 178 cm³/mol. The summed E-state index contributed by atoms with van der Waals surface area (Å²) in [6.07, 6.45) is -1.29. The van der Waals surface area contributed by atoms with Crippen molar-refractivity contribution in [3.8, 4) is 0 Å². The minimum atomic E-state index is -1.33. The van der Waals surface area contributed by atoms with Gasteiger partial charge in [0.2, 0.25) is 11.8 Å². The van der Waals surface area contributed by atoms with Gasteiger partial charge in [0.05, 0.1) is 17.8 Å². The lowest BCUT2D eigenvalue weighted by molar-refractivity contribution is -0.148. The summed E-state index contributed by atoms with van der Waals surface area (Å²) in [6.45, 7) is 1.64. The first-order valence-electron chi connectivity index (χ1n) is 14.9. The lowest BCUT2D eigenvalue weighted by Gasteiger charge is -2.36. The molecule has 9 nitrogen and oxygen atoms in total. The Morgan fingerprint density at radius 2 is 1.17 bits per heavy atom. The van der Waals surface area contributed by atoms with Crippen LogP contribution in [0.4, 0.5) is 4.79 Å². The highest BCUT2D eigenvalue weighted by atomic mass is 32.2. The molecule has 0 unspecified atom stereocenters. The predicted octanol–water partition coefficient (Wildman–Crippen LogP) is 4.93. The first kappa shape index (κ1) is 33.8. The van der Waals surface area contributed by atoms with E-state index in [9.17, 15) is 19.2 Å². The van der Waals surface area contributed by atoms with E-state index >= 15 is 0 Å². The topological polar surface area (TPSA) is 137 Å². The van der Waals surface area contributed by atoms with Gasteiger partial charge >= 0.3 is 12.1 Å². The van der Waals surface area contributed by atoms with Crippen LogP contribution in [-0.2, 0) is 35.2 Å². The van der Waals surface area contributed by atoms with Gasteiger partial charge < -0.3 is 25.8 Å². The van der Waals surface area contributed by atoms with Crippen LogP contribution in [0.3, 0.4) is 0 Å². The Bertz CT molecular complexity index is 1480. The lowest BCUT2D eigenvalue weighted by atomic mass is 9.84. The van der Waals surface area contributed by atoms with Gasteiger partial charge in [-0.2, -0.15) is 0 Å². The fraction of sp³-hybridized carbons (Fsp3) is 0.222. The molecule has 0 heterocycles. The Labute approximate surface area is 272 Å². The van der Waals surface area contributed by atoms with Crippen LogP contribution in [0.5, 0.6) is 0 Å². The third kappa shape index (κ3) is 8.98. The molecule has 0 aromatic heterocycles. The SMILES string of the molecule is CCOC(=O)[C@H](CC(N)=O)NC(=O)[C@H](CSC(c1ccccc1)(c1ccccc1)c1ccccc1)NC(=O)OCc1ccccc1. The quantitative estimate of drug-likeness (QED) is 0.124. The Balaban J connectivity index is 1.69. The highest BCUT2D eigenvalue weighted by molar-refractivity contribution is 8.00. The average molecular weight is 640 g/mol. The van der Waals surface area contributed by atoms with Crippen LogP contribution in [0.2, 0.25) is 0 Å². The lowest BCUT2D eigenvalue weighted by Crippen LogP contribution is -2.54. The maximum Gasteiger partial charge on any atom is 0.408 e. The van der Waals surface area contributed by atoms with E-state index in [1.807, 2.05) is 121 Å². The molecule has 0 radical (unpaired) electrons. The molecule has 3 amide bonds. The molecule has 4 aromatic rings. The van der Waals surface area contributed by atoms with Gasteiger partial charge in [0.25, 0.3) is 0 Å². The van der Waals surface area contributed by atoms with E-state index in [2.05, 4.69) is 10.6 Å². The van der Waals surface area contributed by atoms with E-state index in [1.54, 1.807) is 6.92 Å². The second-order valence-corrected chi connectivity index (χ2v) is 11.6. The fourth-order valence-corrected chi connectivity index (χ4v) is 6.54. The summed E-state index contributed by atoms with van der Waals surface area (Å²) in [7, 11) is 0. The van der Waals surface area contributed by atoms with Crippen LogP contribution in [0.1, 0.15) is 35.6 Å². The van der Waals surface area contributed by atoms with Crippen molar-refractivity contribution in [2.24, 2.45) is 5.73 Å². The number of nitrogens with two attached hydrogens (primary N) is 1. The summed E-state index contributed by atoms with van der Waals surface area (Å²) in [5.74, 6) is -2.25. The number of hydrogen-bond donors (Lipinski definition) is 3. The monoisotopic (exact) mass is 639 g/mol. The summed E-state index contributed by atoms with van der Waals surface area (Å²) < 4.78 is 9.71. The molecule has 0 saturated carbocycles. The van der Waals surface area contributed by atoms with Gasteiger partial charge in [0, 0.05) is 5.75 Å². The van der Waals surface area contributed by atoms with Gasteiger partial charge in [-0.3, -0.25) is 9.59 Å². The number of primary amides is 1. The highest BCUT2D eigenvalue weighted by Gasteiger charge is 2.39. The summed E-state index contributed by atoms with van der Waals surface area (Å²) in [5, 5.41) is 5.25. The Hall–Kier alpha value is -5.09. The van der Waals surface area contributed by atoms with Crippen molar-refractivity contribution in [3.05, 3.63) is 144 Å². The number of hydrogen-bond acceptors (Lipinski definition) is 7. The number of rotatable bonds is 15. The zero-order chi connectivity index (χ0) is 32.8. The fourth-order valence-electron chi connectivity index (χ4n) is 4.98. The van der Waals surface area contributed by atoms with Gasteiger partial charge in [0.1, 0.15) is 18.7 Å². The first-order chi connectivity index (χ1) is 22.3. The van der Waals surface area contributed by atoms with Crippen LogP contribution in [0.15, 0.2) is 121 Å². The number of ether oxygens (including phenoxy) is 2. The van der Waals surface area contributed by atoms with E-state index in [-0.39, 0.29) is 19.0 Å². The van der Waals surface area contributed by atoms with Crippen molar-refractivity contribution in [2.75, 3.05) is 12.4 Å². The number of nitrogens with one attached hydrogen (secondary N) is 2. The number of carbonyl (C=O) groups excluding carboxylic acids is 4. The number of esters is 1. The molecule has 0 aliphatic rings. The molecule has 0 aliphatic heterocycles.